The van der Waals surface area contributed by atoms with Gasteiger partial charge in [0, 0.05) is 23.6 Å². The summed E-state index contributed by atoms with van der Waals surface area (Å²) >= 11 is 0. The van der Waals surface area contributed by atoms with Crippen molar-refractivity contribution in [2.75, 3.05) is 5.32 Å². The molecule has 0 atom stereocenters. The second-order valence-electron chi connectivity index (χ2n) is 7.64. The Morgan fingerprint density at radius 1 is 0.964 bits per heavy atom. The standard InChI is InChI=1S/C23H25N3O2/c1-23(27)13-11-17(12-14-23)20-5-4-16-25-22(20)28-19-9-7-18(8-10-19)26-21-6-2-3-15-24-21/h2-10,15-17,27H,11-14H2,1H3,(H,24,26). The molecule has 0 amide bonds. The first-order chi connectivity index (χ1) is 13.6. The molecule has 5 heteroatoms. The molecule has 144 valence electrons. The Morgan fingerprint density at radius 2 is 1.71 bits per heavy atom. The number of nitrogens with one attached hydrogen (secondary N) is 1. The molecule has 4 rings (SSSR count). The molecule has 1 saturated carbocycles. The number of ether oxygens (including phenoxy) is 1. The quantitative estimate of drug-likeness (QED) is 0.623. The minimum atomic E-state index is -0.545. The Kier molecular flexibility index (Phi) is 5.26. The van der Waals surface area contributed by atoms with Crippen LogP contribution in [0.5, 0.6) is 11.6 Å². The minimum absolute atomic E-state index is 0.369. The van der Waals surface area contributed by atoms with E-state index in [1.165, 1.54) is 0 Å². The highest BCUT2D eigenvalue weighted by Gasteiger charge is 2.31. The van der Waals surface area contributed by atoms with Crippen LogP contribution in [-0.4, -0.2) is 20.7 Å². The van der Waals surface area contributed by atoms with Gasteiger partial charge < -0.3 is 15.2 Å². The highest BCUT2D eigenvalue weighted by atomic mass is 16.5. The smallest absolute Gasteiger partial charge is 0.222 e. The molecular formula is C23H25N3O2. The van der Waals surface area contributed by atoms with Gasteiger partial charge in [0.2, 0.25) is 5.88 Å². The lowest BCUT2D eigenvalue weighted by Gasteiger charge is -2.33. The summed E-state index contributed by atoms with van der Waals surface area (Å²) in [5.41, 5.74) is 1.52. The van der Waals surface area contributed by atoms with E-state index >= 15 is 0 Å². The summed E-state index contributed by atoms with van der Waals surface area (Å²) in [6.45, 7) is 1.92. The number of nitrogens with zero attached hydrogens (tertiary/aromatic N) is 2. The second kappa shape index (κ2) is 7.98. The van der Waals surface area contributed by atoms with E-state index in [1.54, 1.807) is 12.4 Å². The van der Waals surface area contributed by atoms with E-state index in [0.717, 1.165) is 48.5 Å². The number of pyridine rings is 2. The molecule has 1 aromatic carbocycles. The van der Waals surface area contributed by atoms with Crippen molar-refractivity contribution in [3.63, 3.8) is 0 Å². The number of anilines is 2. The molecule has 0 bridgehead atoms. The average Bonchev–Trinajstić information content (AvgIpc) is 2.71. The molecule has 0 unspecified atom stereocenters. The van der Waals surface area contributed by atoms with Crippen LogP contribution in [0, 0.1) is 0 Å². The van der Waals surface area contributed by atoms with Crippen LogP contribution in [0.4, 0.5) is 11.5 Å². The fourth-order valence-electron chi connectivity index (χ4n) is 3.65. The van der Waals surface area contributed by atoms with Crippen LogP contribution >= 0.6 is 0 Å². The SMILES string of the molecule is CC1(O)CCC(c2cccnc2Oc2ccc(Nc3ccccn3)cc2)CC1. The average molecular weight is 375 g/mol. The van der Waals surface area contributed by atoms with Crippen LogP contribution < -0.4 is 10.1 Å². The molecule has 1 aliphatic rings. The van der Waals surface area contributed by atoms with Crippen molar-refractivity contribution in [1.82, 2.24) is 9.97 Å². The molecule has 2 heterocycles. The van der Waals surface area contributed by atoms with Gasteiger partial charge in [0.1, 0.15) is 11.6 Å². The monoisotopic (exact) mass is 375 g/mol. The van der Waals surface area contributed by atoms with Gasteiger partial charge in [-0.05, 0) is 81.0 Å². The van der Waals surface area contributed by atoms with E-state index in [4.69, 9.17) is 4.74 Å². The van der Waals surface area contributed by atoms with Crippen LogP contribution in [0.15, 0.2) is 67.0 Å². The van der Waals surface area contributed by atoms with E-state index in [9.17, 15) is 5.11 Å². The predicted octanol–water partition coefficient (Wildman–Crippen LogP) is 5.42. The van der Waals surface area contributed by atoms with Crippen molar-refractivity contribution in [2.24, 2.45) is 0 Å². The molecule has 0 aliphatic heterocycles. The summed E-state index contributed by atoms with van der Waals surface area (Å²) in [7, 11) is 0. The summed E-state index contributed by atoms with van der Waals surface area (Å²) < 4.78 is 6.10. The van der Waals surface area contributed by atoms with Crippen LogP contribution in [-0.2, 0) is 0 Å². The lowest BCUT2D eigenvalue weighted by molar-refractivity contribution is 0.0169. The molecule has 1 fully saturated rings. The molecule has 0 saturated heterocycles. The molecule has 5 nitrogen and oxygen atoms in total. The zero-order chi connectivity index (χ0) is 19.4. The number of hydrogen-bond acceptors (Lipinski definition) is 5. The van der Waals surface area contributed by atoms with Gasteiger partial charge in [-0.1, -0.05) is 12.1 Å². The topological polar surface area (TPSA) is 67.3 Å². The van der Waals surface area contributed by atoms with E-state index in [0.29, 0.717) is 11.8 Å². The van der Waals surface area contributed by atoms with Crippen molar-refractivity contribution in [3.05, 3.63) is 72.6 Å². The van der Waals surface area contributed by atoms with E-state index in [-0.39, 0.29) is 0 Å². The predicted molar refractivity (Wildman–Crippen MR) is 110 cm³/mol. The molecule has 3 aromatic rings. The van der Waals surface area contributed by atoms with E-state index in [2.05, 4.69) is 21.4 Å². The summed E-state index contributed by atoms with van der Waals surface area (Å²) in [6.07, 6.45) is 7.02. The number of rotatable bonds is 5. The van der Waals surface area contributed by atoms with E-state index in [1.807, 2.05) is 55.5 Å². The largest absolute Gasteiger partial charge is 0.439 e. The molecular weight excluding hydrogens is 350 g/mol. The van der Waals surface area contributed by atoms with Gasteiger partial charge in [-0.25, -0.2) is 9.97 Å². The van der Waals surface area contributed by atoms with Crippen molar-refractivity contribution in [3.8, 4) is 11.6 Å². The van der Waals surface area contributed by atoms with Crippen molar-refractivity contribution in [1.29, 1.82) is 0 Å². The third-order valence-corrected chi connectivity index (χ3v) is 5.31. The van der Waals surface area contributed by atoms with Crippen molar-refractivity contribution < 1.29 is 9.84 Å². The molecule has 2 aromatic heterocycles. The zero-order valence-electron chi connectivity index (χ0n) is 16.0. The summed E-state index contributed by atoms with van der Waals surface area (Å²) in [5, 5.41) is 13.5. The Labute approximate surface area is 165 Å². The van der Waals surface area contributed by atoms with Crippen LogP contribution in [0.2, 0.25) is 0 Å². The Hall–Kier alpha value is -2.92. The lowest BCUT2D eigenvalue weighted by atomic mass is 9.77. The van der Waals surface area contributed by atoms with Gasteiger partial charge in [-0.15, -0.1) is 0 Å². The lowest BCUT2D eigenvalue weighted by Crippen LogP contribution is -2.29. The van der Waals surface area contributed by atoms with Crippen molar-refractivity contribution >= 4 is 11.5 Å². The summed E-state index contributed by atoms with van der Waals surface area (Å²) in [4.78, 5) is 8.73. The normalized spacial score (nSPS) is 21.9. The van der Waals surface area contributed by atoms with Crippen LogP contribution in [0.25, 0.3) is 0 Å². The Morgan fingerprint density at radius 3 is 2.43 bits per heavy atom. The van der Waals surface area contributed by atoms with Crippen LogP contribution in [0.1, 0.15) is 44.1 Å². The first-order valence-corrected chi connectivity index (χ1v) is 9.72. The fraction of sp³-hybridized carbons (Fsp3) is 0.304. The molecule has 2 N–H and O–H groups in total. The van der Waals surface area contributed by atoms with E-state index < -0.39 is 5.60 Å². The highest BCUT2D eigenvalue weighted by molar-refractivity contribution is 5.57. The van der Waals surface area contributed by atoms with Crippen molar-refractivity contribution in [2.45, 2.75) is 44.1 Å². The highest BCUT2D eigenvalue weighted by Crippen LogP contribution is 2.41. The second-order valence-corrected chi connectivity index (χ2v) is 7.64. The number of aromatic nitrogens is 2. The third kappa shape index (κ3) is 4.49. The Balaban J connectivity index is 1.46. The summed E-state index contributed by atoms with van der Waals surface area (Å²) in [6, 6.07) is 17.6. The third-order valence-electron chi connectivity index (χ3n) is 5.31. The molecule has 28 heavy (non-hydrogen) atoms. The van der Waals surface area contributed by atoms with Gasteiger partial charge in [0.25, 0.3) is 0 Å². The first-order valence-electron chi connectivity index (χ1n) is 9.72. The maximum Gasteiger partial charge on any atom is 0.222 e. The molecule has 0 radical (unpaired) electrons. The maximum absolute atomic E-state index is 10.2. The van der Waals surface area contributed by atoms with Gasteiger partial charge in [-0.3, -0.25) is 0 Å². The van der Waals surface area contributed by atoms with Gasteiger partial charge in [-0.2, -0.15) is 0 Å². The maximum atomic E-state index is 10.2. The number of benzene rings is 1. The van der Waals surface area contributed by atoms with Gasteiger partial charge >= 0.3 is 0 Å². The van der Waals surface area contributed by atoms with Crippen LogP contribution in [0.3, 0.4) is 0 Å². The minimum Gasteiger partial charge on any atom is -0.439 e. The van der Waals surface area contributed by atoms with Gasteiger partial charge in [0.15, 0.2) is 0 Å². The number of aliphatic hydroxyl groups is 1. The fourth-order valence-corrected chi connectivity index (χ4v) is 3.65. The van der Waals surface area contributed by atoms with Gasteiger partial charge in [0.05, 0.1) is 5.60 Å². The molecule has 1 aliphatic carbocycles. The first kappa shape index (κ1) is 18.4. The summed E-state index contributed by atoms with van der Waals surface area (Å²) in [5.74, 6) is 2.57. The molecule has 0 spiro atoms. The Bertz CT molecular complexity index is 901. The zero-order valence-corrected chi connectivity index (χ0v) is 16.0. The number of hydrogen-bond donors (Lipinski definition) is 2.